The van der Waals surface area contributed by atoms with Crippen LogP contribution in [0.15, 0.2) is 47.7 Å². The van der Waals surface area contributed by atoms with Crippen LogP contribution in [0.3, 0.4) is 0 Å². The van der Waals surface area contributed by atoms with Crippen molar-refractivity contribution in [2.24, 2.45) is 4.99 Å². The molecule has 162 valence electrons. The van der Waals surface area contributed by atoms with Gasteiger partial charge in [0.05, 0.1) is 0 Å². The smallest absolute Gasteiger partial charge is 0.225 e. The number of hydrogen-bond donors (Lipinski definition) is 1. The van der Waals surface area contributed by atoms with Crippen molar-refractivity contribution in [3.8, 4) is 0 Å². The molecule has 6 nitrogen and oxygen atoms in total. The van der Waals surface area contributed by atoms with E-state index in [1.54, 1.807) is 24.5 Å². The fourth-order valence-electron chi connectivity index (χ4n) is 4.58. The minimum absolute atomic E-state index is 0. The lowest BCUT2D eigenvalue weighted by Gasteiger charge is -2.38. The molecule has 1 aliphatic heterocycles. The van der Waals surface area contributed by atoms with Crippen LogP contribution in [-0.2, 0) is 5.41 Å². The summed E-state index contributed by atoms with van der Waals surface area (Å²) in [5.74, 6) is 1.55. The highest BCUT2D eigenvalue weighted by Gasteiger charge is 2.36. The van der Waals surface area contributed by atoms with E-state index in [1.165, 1.54) is 18.4 Å². The Morgan fingerprint density at radius 2 is 1.70 bits per heavy atom. The van der Waals surface area contributed by atoms with Crippen molar-refractivity contribution in [2.75, 3.05) is 44.7 Å². The summed E-state index contributed by atoms with van der Waals surface area (Å²) >= 11 is 0. The Kier molecular flexibility index (Phi) is 7.85. The molecular formula is C22H30FIN6. The van der Waals surface area contributed by atoms with E-state index in [9.17, 15) is 4.39 Å². The molecule has 2 fully saturated rings. The van der Waals surface area contributed by atoms with Gasteiger partial charge in [-0.3, -0.25) is 4.99 Å². The summed E-state index contributed by atoms with van der Waals surface area (Å²) in [6.07, 6.45) is 8.25. The van der Waals surface area contributed by atoms with E-state index in [0.717, 1.165) is 57.5 Å². The van der Waals surface area contributed by atoms with Crippen LogP contribution in [-0.4, -0.2) is 60.6 Å². The molecule has 0 amide bonds. The van der Waals surface area contributed by atoms with Crippen molar-refractivity contribution >= 4 is 35.9 Å². The van der Waals surface area contributed by atoms with E-state index < -0.39 is 0 Å². The molecule has 1 aromatic heterocycles. The number of halogens is 2. The van der Waals surface area contributed by atoms with Crippen molar-refractivity contribution in [1.29, 1.82) is 0 Å². The van der Waals surface area contributed by atoms with Crippen LogP contribution in [0.2, 0.25) is 0 Å². The number of rotatable bonds is 4. The molecule has 4 rings (SSSR count). The highest BCUT2D eigenvalue weighted by atomic mass is 127. The molecule has 1 saturated heterocycles. The largest absolute Gasteiger partial charge is 0.355 e. The van der Waals surface area contributed by atoms with E-state index >= 15 is 0 Å². The number of hydrogen-bond acceptors (Lipinski definition) is 4. The fraction of sp³-hybridized carbons (Fsp3) is 0.500. The van der Waals surface area contributed by atoms with Gasteiger partial charge < -0.3 is 15.1 Å². The maximum Gasteiger partial charge on any atom is 0.225 e. The Morgan fingerprint density at radius 3 is 2.30 bits per heavy atom. The number of anilines is 1. The van der Waals surface area contributed by atoms with Crippen molar-refractivity contribution in [2.45, 2.75) is 31.1 Å². The average Bonchev–Trinajstić information content (AvgIpc) is 3.26. The Hall–Kier alpha value is -1.97. The Balaban J connectivity index is 0.00000256. The van der Waals surface area contributed by atoms with Gasteiger partial charge in [-0.05, 0) is 36.6 Å². The van der Waals surface area contributed by atoms with Gasteiger partial charge in [0.25, 0.3) is 0 Å². The summed E-state index contributed by atoms with van der Waals surface area (Å²) in [5, 5.41) is 3.62. The summed E-state index contributed by atoms with van der Waals surface area (Å²) in [5.41, 5.74) is 1.29. The first-order chi connectivity index (χ1) is 14.2. The molecule has 0 unspecified atom stereocenters. The zero-order valence-corrected chi connectivity index (χ0v) is 19.8. The molecule has 2 aliphatic rings. The average molecular weight is 524 g/mol. The number of piperazine rings is 1. The molecule has 30 heavy (non-hydrogen) atoms. The maximum absolute atomic E-state index is 13.4. The minimum atomic E-state index is -0.175. The minimum Gasteiger partial charge on any atom is -0.355 e. The Morgan fingerprint density at radius 1 is 1.07 bits per heavy atom. The van der Waals surface area contributed by atoms with Crippen LogP contribution in [0, 0.1) is 5.82 Å². The predicted molar refractivity (Wildman–Crippen MR) is 129 cm³/mol. The number of nitrogens with one attached hydrogen (secondary N) is 1. The molecule has 0 atom stereocenters. The quantitative estimate of drug-likeness (QED) is 0.378. The van der Waals surface area contributed by atoms with Crippen LogP contribution in [0.4, 0.5) is 10.3 Å². The Bertz CT molecular complexity index is 815. The first-order valence-electron chi connectivity index (χ1n) is 10.4. The van der Waals surface area contributed by atoms with Gasteiger partial charge in [0, 0.05) is 57.6 Å². The lowest BCUT2D eigenvalue weighted by molar-refractivity contribution is 0.357. The summed E-state index contributed by atoms with van der Waals surface area (Å²) in [7, 11) is 1.84. The van der Waals surface area contributed by atoms with E-state index in [4.69, 9.17) is 0 Å². The third kappa shape index (κ3) is 5.01. The van der Waals surface area contributed by atoms with Crippen molar-refractivity contribution < 1.29 is 4.39 Å². The van der Waals surface area contributed by atoms with Crippen LogP contribution >= 0.6 is 24.0 Å². The van der Waals surface area contributed by atoms with E-state index in [0.29, 0.717) is 0 Å². The van der Waals surface area contributed by atoms with Crippen LogP contribution in [0.25, 0.3) is 0 Å². The molecule has 0 spiro atoms. The molecular weight excluding hydrogens is 494 g/mol. The van der Waals surface area contributed by atoms with Gasteiger partial charge in [-0.2, -0.15) is 0 Å². The molecule has 1 aliphatic carbocycles. The van der Waals surface area contributed by atoms with Gasteiger partial charge in [-0.15, -0.1) is 24.0 Å². The standard InChI is InChI=1S/C22H29FN6.HI/c1-24-20(28-13-15-29(16-14-28)21-25-11-4-12-26-21)27-17-22(9-2-3-10-22)18-5-7-19(23)8-6-18;/h4-8,11-12H,2-3,9-10,13-17H2,1H3,(H,24,27);1H. The SMILES string of the molecule is CN=C(NCC1(c2ccc(F)cc2)CCCC1)N1CCN(c2ncccn2)CC1.I. The first kappa shape index (κ1) is 22.7. The fourth-order valence-corrected chi connectivity index (χ4v) is 4.58. The summed E-state index contributed by atoms with van der Waals surface area (Å²) in [6.45, 7) is 4.32. The monoisotopic (exact) mass is 524 g/mol. The van der Waals surface area contributed by atoms with Gasteiger partial charge in [0.1, 0.15) is 5.82 Å². The lowest BCUT2D eigenvalue weighted by atomic mass is 9.79. The summed E-state index contributed by atoms with van der Waals surface area (Å²) in [6, 6.07) is 8.89. The highest BCUT2D eigenvalue weighted by Crippen LogP contribution is 2.40. The number of aromatic nitrogens is 2. The molecule has 8 heteroatoms. The van der Waals surface area contributed by atoms with Crippen molar-refractivity contribution in [1.82, 2.24) is 20.2 Å². The van der Waals surface area contributed by atoms with Gasteiger partial charge in [-0.25, -0.2) is 14.4 Å². The second-order valence-corrected chi connectivity index (χ2v) is 7.92. The predicted octanol–water partition coefficient (Wildman–Crippen LogP) is 3.44. The van der Waals surface area contributed by atoms with E-state index in [1.807, 2.05) is 25.2 Å². The van der Waals surface area contributed by atoms with Gasteiger partial charge in [0.2, 0.25) is 5.95 Å². The highest BCUT2D eigenvalue weighted by molar-refractivity contribution is 14.0. The molecule has 1 saturated carbocycles. The maximum atomic E-state index is 13.4. The number of nitrogens with zero attached hydrogens (tertiary/aromatic N) is 5. The second-order valence-electron chi connectivity index (χ2n) is 7.92. The molecule has 1 N–H and O–H groups in total. The molecule has 2 heterocycles. The summed E-state index contributed by atoms with van der Waals surface area (Å²) < 4.78 is 13.4. The van der Waals surface area contributed by atoms with Gasteiger partial charge in [0.15, 0.2) is 5.96 Å². The zero-order chi connectivity index (χ0) is 20.1. The number of guanidine groups is 1. The van der Waals surface area contributed by atoms with Gasteiger partial charge in [-0.1, -0.05) is 25.0 Å². The second kappa shape index (κ2) is 10.4. The first-order valence-corrected chi connectivity index (χ1v) is 10.4. The molecule has 2 aromatic rings. The number of benzene rings is 1. The van der Waals surface area contributed by atoms with Crippen LogP contribution < -0.4 is 10.2 Å². The van der Waals surface area contributed by atoms with Crippen molar-refractivity contribution in [3.63, 3.8) is 0 Å². The van der Waals surface area contributed by atoms with Crippen molar-refractivity contribution in [3.05, 3.63) is 54.1 Å². The topological polar surface area (TPSA) is 56.7 Å². The molecule has 0 radical (unpaired) electrons. The van der Waals surface area contributed by atoms with E-state index in [-0.39, 0.29) is 35.2 Å². The molecule has 1 aromatic carbocycles. The van der Waals surface area contributed by atoms with Crippen LogP contribution in [0.5, 0.6) is 0 Å². The molecule has 0 bridgehead atoms. The normalized spacial score (nSPS) is 18.8. The van der Waals surface area contributed by atoms with E-state index in [2.05, 4.69) is 30.1 Å². The number of aliphatic imine (C=N–C) groups is 1. The zero-order valence-electron chi connectivity index (χ0n) is 17.4. The third-order valence-electron chi connectivity index (χ3n) is 6.23. The lowest BCUT2D eigenvalue weighted by Crippen LogP contribution is -2.54. The van der Waals surface area contributed by atoms with Crippen LogP contribution in [0.1, 0.15) is 31.2 Å². The summed E-state index contributed by atoms with van der Waals surface area (Å²) in [4.78, 5) is 17.7. The third-order valence-corrected chi connectivity index (χ3v) is 6.23. The van der Waals surface area contributed by atoms with Gasteiger partial charge >= 0.3 is 0 Å². The Labute approximate surface area is 195 Å².